The number of anilines is 1. The lowest BCUT2D eigenvalue weighted by molar-refractivity contribution is 0.0887. The summed E-state index contributed by atoms with van der Waals surface area (Å²) in [5, 5.41) is 0. The summed E-state index contributed by atoms with van der Waals surface area (Å²) in [5.74, 6) is -2.73. The molecule has 2 aliphatic rings. The molecule has 0 saturated heterocycles. The van der Waals surface area contributed by atoms with Crippen LogP contribution in [0.2, 0.25) is 0 Å². The van der Waals surface area contributed by atoms with Crippen molar-refractivity contribution in [3.63, 3.8) is 0 Å². The highest BCUT2D eigenvalue weighted by atomic mass is 16.2. The Morgan fingerprint density at radius 1 is 0.545 bits per heavy atom. The van der Waals surface area contributed by atoms with Crippen LogP contribution in [-0.2, 0) is 5.41 Å². The van der Waals surface area contributed by atoms with Crippen molar-refractivity contribution in [1.82, 2.24) is 0 Å². The SMILES string of the molecule is CC(=O)c1ccc(C(=O)c2ccc3c(c2)C(=O)C(c2ccc(C4(c5ccc(N(C)C)c(C)c5)c5ccccc5-c5ccccc54)cc2C)C3=O)cc1C(C)=O. The lowest BCUT2D eigenvalue weighted by Crippen LogP contribution is -2.29. The quantitative estimate of drug-likeness (QED) is 0.115. The molecular weight excluding hydrogens is 683 g/mol. The summed E-state index contributed by atoms with van der Waals surface area (Å²) in [7, 11) is 4.09. The Morgan fingerprint density at radius 2 is 1.09 bits per heavy atom. The van der Waals surface area contributed by atoms with Gasteiger partial charge in [-0.25, -0.2) is 0 Å². The first-order chi connectivity index (χ1) is 26.3. The molecule has 55 heavy (non-hydrogen) atoms. The van der Waals surface area contributed by atoms with Crippen LogP contribution in [0.15, 0.2) is 121 Å². The fourth-order valence-electron chi connectivity index (χ4n) is 8.91. The largest absolute Gasteiger partial charge is 0.377 e. The van der Waals surface area contributed by atoms with E-state index in [1.165, 1.54) is 60.4 Å². The second-order valence-electron chi connectivity index (χ2n) is 14.9. The normalized spacial score (nSPS) is 15.0. The van der Waals surface area contributed by atoms with E-state index in [4.69, 9.17) is 0 Å². The fraction of sp³-hybridized carbons (Fsp3) is 0.163. The van der Waals surface area contributed by atoms with Crippen LogP contribution in [0.25, 0.3) is 11.1 Å². The molecule has 270 valence electrons. The van der Waals surface area contributed by atoms with Crippen LogP contribution < -0.4 is 4.90 Å². The van der Waals surface area contributed by atoms with Gasteiger partial charge in [-0.05, 0) is 108 Å². The van der Waals surface area contributed by atoms with Crippen molar-refractivity contribution in [1.29, 1.82) is 0 Å². The zero-order valence-electron chi connectivity index (χ0n) is 31.6. The van der Waals surface area contributed by atoms with Gasteiger partial charge in [-0.1, -0.05) is 91.0 Å². The second kappa shape index (κ2) is 13.1. The van der Waals surface area contributed by atoms with Crippen molar-refractivity contribution in [2.45, 2.75) is 39.0 Å². The minimum absolute atomic E-state index is 0.164. The average molecular weight is 722 g/mol. The maximum atomic E-state index is 14.2. The average Bonchev–Trinajstić information content (AvgIpc) is 3.61. The molecule has 0 heterocycles. The van der Waals surface area contributed by atoms with Gasteiger partial charge in [0.05, 0.1) is 5.41 Å². The molecule has 6 heteroatoms. The van der Waals surface area contributed by atoms with E-state index in [1.807, 2.05) is 27.1 Å². The lowest BCUT2D eigenvalue weighted by Gasteiger charge is -2.35. The van der Waals surface area contributed by atoms with Crippen molar-refractivity contribution in [2.75, 3.05) is 19.0 Å². The molecular formula is C49H39NO5. The van der Waals surface area contributed by atoms with Gasteiger partial charge >= 0.3 is 0 Å². The Kier molecular flexibility index (Phi) is 8.45. The Morgan fingerprint density at radius 3 is 1.67 bits per heavy atom. The van der Waals surface area contributed by atoms with E-state index in [1.54, 1.807) is 12.1 Å². The summed E-state index contributed by atoms with van der Waals surface area (Å²) in [6.45, 7) is 6.80. The smallest absolute Gasteiger partial charge is 0.193 e. The van der Waals surface area contributed by atoms with Crippen molar-refractivity contribution in [2.24, 2.45) is 0 Å². The molecule has 2 aliphatic carbocycles. The number of hydrogen-bond donors (Lipinski definition) is 0. The second-order valence-corrected chi connectivity index (χ2v) is 14.9. The summed E-state index contributed by atoms with van der Waals surface area (Å²) in [4.78, 5) is 68.4. The molecule has 0 saturated carbocycles. The predicted octanol–water partition coefficient (Wildman–Crippen LogP) is 9.53. The van der Waals surface area contributed by atoms with Crippen LogP contribution in [0, 0.1) is 13.8 Å². The molecule has 1 unspecified atom stereocenters. The van der Waals surface area contributed by atoms with Gasteiger partial charge < -0.3 is 4.90 Å². The van der Waals surface area contributed by atoms with Crippen LogP contribution in [0.5, 0.6) is 0 Å². The molecule has 0 amide bonds. The molecule has 0 aliphatic heterocycles. The van der Waals surface area contributed by atoms with E-state index in [0.717, 1.165) is 27.9 Å². The molecule has 6 aromatic rings. The van der Waals surface area contributed by atoms with Gasteiger partial charge in [-0.2, -0.15) is 0 Å². The van der Waals surface area contributed by atoms with Gasteiger partial charge in [-0.15, -0.1) is 0 Å². The molecule has 0 N–H and O–H groups in total. The molecule has 0 radical (unpaired) electrons. The third kappa shape index (κ3) is 5.35. The van der Waals surface area contributed by atoms with Crippen molar-refractivity contribution >= 4 is 34.6 Å². The first kappa shape index (κ1) is 35.5. The van der Waals surface area contributed by atoms with E-state index < -0.39 is 17.1 Å². The van der Waals surface area contributed by atoms with Gasteiger partial charge in [0.2, 0.25) is 0 Å². The predicted molar refractivity (Wildman–Crippen MR) is 215 cm³/mol. The highest BCUT2D eigenvalue weighted by Gasteiger charge is 2.47. The van der Waals surface area contributed by atoms with Gasteiger partial charge in [0, 0.05) is 53.2 Å². The molecule has 6 nitrogen and oxygen atoms in total. The molecule has 0 aromatic heterocycles. The van der Waals surface area contributed by atoms with Gasteiger partial charge in [0.1, 0.15) is 5.92 Å². The Bertz CT molecular complexity index is 2640. The Hall–Kier alpha value is -6.53. The summed E-state index contributed by atoms with van der Waals surface area (Å²) < 4.78 is 0. The highest BCUT2D eigenvalue weighted by Crippen LogP contribution is 2.56. The first-order valence-corrected chi connectivity index (χ1v) is 18.4. The van der Waals surface area contributed by atoms with Crippen LogP contribution in [0.3, 0.4) is 0 Å². The summed E-state index contributed by atoms with van der Waals surface area (Å²) in [5.41, 5.74) is 11.2. The van der Waals surface area contributed by atoms with Crippen LogP contribution in [0.1, 0.15) is 116 Å². The van der Waals surface area contributed by atoms with E-state index in [-0.39, 0.29) is 56.5 Å². The monoisotopic (exact) mass is 721 g/mol. The number of nitrogens with zero attached hydrogens (tertiary/aromatic N) is 1. The number of rotatable bonds is 8. The number of carbonyl (C=O) groups excluding carboxylic acids is 5. The minimum atomic E-state index is -1.05. The summed E-state index contributed by atoms with van der Waals surface area (Å²) in [6, 6.07) is 38.8. The van der Waals surface area contributed by atoms with E-state index >= 15 is 0 Å². The maximum absolute atomic E-state index is 14.2. The van der Waals surface area contributed by atoms with Crippen LogP contribution in [-0.4, -0.2) is 43.0 Å². The standard InChI is InChI=1S/C49H39NO5/c1-27-23-33(49(34-18-22-44(50(5)6)28(2)24-34)42-13-9-7-11-37(42)38-12-8-10-14-43(38)49)17-21-35(27)45-47(54)39-20-16-32(26-41(39)48(45)55)46(53)31-15-19-36(29(3)51)40(25-31)30(4)52/h7-26,45H,1-6H3. The topological polar surface area (TPSA) is 88.6 Å². The number of carbonyl (C=O) groups is 5. The van der Waals surface area contributed by atoms with E-state index in [0.29, 0.717) is 5.56 Å². The van der Waals surface area contributed by atoms with Gasteiger partial charge in [-0.3, -0.25) is 24.0 Å². The van der Waals surface area contributed by atoms with Crippen molar-refractivity contribution < 1.29 is 24.0 Å². The zero-order valence-corrected chi connectivity index (χ0v) is 31.6. The number of hydrogen-bond acceptors (Lipinski definition) is 6. The number of aryl methyl sites for hydroxylation is 2. The first-order valence-electron chi connectivity index (χ1n) is 18.4. The summed E-state index contributed by atoms with van der Waals surface area (Å²) in [6.07, 6.45) is 0. The molecule has 0 fully saturated rings. The number of Topliss-reactive ketones (excluding diaryl/α,β-unsaturated/α-hetero) is 4. The summed E-state index contributed by atoms with van der Waals surface area (Å²) >= 11 is 0. The van der Waals surface area contributed by atoms with Crippen LogP contribution in [0.4, 0.5) is 5.69 Å². The maximum Gasteiger partial charge on any atom is 0.193 e. The number of ketones is 5. The van der Waals surface area contributed by atoms with Gasteiger partial charge in [0.25, 0.3) is 0 Å². The molecule has 8 rings (SSSR count). The van der Waals surface area contributed by atoms with Crippen molar-refractivity contribution in [3.8, 4) is 11.1 Å². The number of fused-ring (bicyclic) bond motifs is 4. The van der Waals surface area contributed by atoms with Gasteiger partial charge in [0.15, 0.2) is 28.9 Å². The molecule has 1 atom stereocenters. The third-order valence-electron chi connectivity index (χ3n) is 11.5. The highest BCUT2D eigenvalue weighted by molar-refractivity contribution is 6.30. The molecule has 0 spiro atoms. The van der Waals surface area contributed by atoms with E-state index in [9.17, 15) is 24.0 Å². The van der Waals surface area contributed by atoms with Crippen LogP contribution >= 0.6 is 0 Å². The number of benzene rings is 6. The zero-order chi connectivity index (χ0) is 38.9. The molecule has 0 bridgehead atoms. The Labute approximate surface area is 320 Å². The minimum Gasteiger partial charge on any atom is -0.377 e. The lowest BCUT2D eigenvalue weighted by atomic mass is 9.67. The Balaban J connectivity index is 1.21. The van der Waals surface area contributed by atoms with Crippen molar-refractivity contribution in [3.05, 3.63) is 194 Å². The fourth-order valence-corrected chi connectivity index (χ4v) is 8.91. The molecule has 6 aromatic carbocycles. The van der Waals surface area contributed by atoms with E-state index in [2.05, 4.69) is 90.7 Å². The third-order valence-corrected chi connectivity index (χ3v) is 11.5.